The molecule has 0 saturated carbocycles. The van der Waals surface area contributed by atoms with Crippen molar-refractivity contribution in [3.63, 3.8) is 0 Å². The van der Waals surface area contributed by atoms with Crippen LogP contribution in [0.2, 0.25) is 5.02 Å². The third-order valence-electron chi connectivity index (χ3n) is 3.00. The Morgan fingerprint density at radius 3 is 2.60 bits per heavy atom. The average Bonchev–Trinajstić information content (AvgIpc) is 2.79. The van der Waals surface area contributed by atoms with E-state index < -0.39 is 0 Å². The summed E-state index contributed by atoms with van der Waals surface area (Å²) >= 11 is 6.04. The molecule has 1 aromatic rings. The van der Waals surface area contributed by atoms with Gasteiger partial charge in [0.2, 0.25) is 11.8 Å². The first-order valence-electron chi connectivity index (χ1n) is 6.27. The van der Waals surface area contributed by atoms with Crippen LogP contribution in [0.5, 0.6) is 0 Å². The first-order valence-corrected chi connectivity index (χ1v) is 6.65. The van der Waals surface area contributed by atoms with Crippen molar-refractivity contribution in [3.8, 4) is 0 Å². The summed E-state index contributed by atoms with van der Waals surface area (Å²) in [4.78, 5) is 23.0. The number of hydrogen-bond acceptors (Lipinski definition) is 3. The second-order valence-electron chi connectivity index (χ2n) is 4.76. The molecular weight excluding hydrogens is 278 g/mol. The van der Waals surface area contributed by atoms with Gasteiger partial charge in [-0.05, 0) is 24.6 Å². The Labute approximate surface area is 122 Å². The van der Waals surface area contributed by atoms with Crippen LogP contribution in [0.15, 0.2) is 30.4 Å². The van der Waals surface area contributed by atoms with E-state index in [4.69, 9.17) is 17.3 Å². The highest BCUT2D eigenvalue weighted by molar-refractivity contribution is 6.34. The van der Waals surface area contributed by atoms with E-state index in [2.05, 4.69) is 10.6 Å². The molecule has 6 heteroatoms. The average molecular weight is 294 g/mol. The van der Waals surface area contributed by atoms with E-state index in [-0.39, 0.29) is 23.8 Å². The Hall–Kier alpha value is -1.85. The van der Waals surface area contributed by atoms with Gasteiger partial charge in [0.1, 0.15) is 0 Å². The van der Waals surface area contributed by atoms with Crippen molar-refractivity contribution in [1.82, 2.24) is 0 Å². The molecule has 106 valence electrons. The molecular formula is C14H16ClN3O2. The molecule has 1 aliphatic rings. The van der Waals surface area contributed by atoms with Crippen molar-refractivity contribution in [3.05, 3.63) is 35.4 Å². The number of carbonyl (C=O) groups is 2. The van der Waals surface area contributed by atoms with Gasteiger partial charge in [-0.15, -0.1) is 0 Å². The Kier molecular flexibility index (Phi) is 4.42. The molecule has 2 amide bonds. The van der Waals surface area contributed by atoms with E-state index in [1.807, 2.05) is 12.2 Å². The van der Waals surface area contributed by atoms with Crippen LogP contribution < -0.4 is 16.4 Å². The van der Waals surface area contributed by atoms with Crippen molar-refractivity contribution in [1.29, 1.82) is 0 Å². The highest BCUT2D eigenvalue weighted by atomic mass is 35.5. The van der Waals surface area contributed by atoms with Gasteiger partial charge in [0, 0.05) is 18.7 Å². The normalized spacial score (nSPS) is 20.8. The monoisotopic (exact) mass is 293 g/mol. The molecule has 2 rings (SSSR count). The predicted molar refractivity (Wildman–Crippen MR) is 79.6 cm³/mol. The minimum absolute atomic E-state index is 0.0588. The van der Waals surface area contributed by atoms with Crippen LogP contribution in [-0.4, -0.2) is 17.9 Å². The molecule has 0 spiro atoms. The molecule has 0 aromatic heterocycles. The lowest BCUT2D eigenvalue weighted by Crippen LogP contribution is -2.24. The summed E-state index contributed by atoms with van der Waals surface area (Å²) in [6.07, 6.45) is 4.26. The van der Waals surface area contributed by atoms with E-state index >= 15 is 0 Å². The van der Waals surface area contributed by atoms with Crippen LogP contribution >= 0.6 is 11.6 Å². The molecule has 0 heterocycles. The lowest BCUT2D eigenvalue weighted by atomic mass is 10.1. The minimum atomic E-state index is -0.209. The van der Waals surface area contributed by atoms with Crippen molar-refractivity contribution < 1.29 is 9.59 Å². The molecule has 2 unspecified atom stereocenters. The van der Waals surface area contributed by atoms with E-state index in [1.165, 1.54) is 6.92 Å². The summed E-state index contributed by atoms with van der Waals surface area (Å²) in [5.74, 6) is -0.523. The van der Waals surface area contributed by atoms with Crippen molar-refractivity contribution in [2.45, 2.75) is 19.4 Å². The minimum Gasteiger partial charge on any atom is -0.326 e. The predicted octanol–water partition coefficient (Wildman–Crippen LogP) is 2.14. The molecule has 1 aromatic carbocycles. The van der Waals surface area contributed by atoms with E-state index in [0.717, 1.165) is 0 Å². The van der Waals surface area contributed by atoms with E-state index in [9.17, 15) is 9.59 Å². The molecule has 0 aliphatic heterocycles. The maximum Gasteiger partial charge on any atom is 0.231 e. The lowest BCUT2D eigenvalue weighted by Gasteiger charge is -2.12. The number of amides is 2. The van der Waals surface area contributed by atoms with Gasteiger partial charge in [-0.25, -0.2) is 0 Å². The molecule has 0 radical (unpaired) electrons. The fourth-order valence-corrected chi connectivity index (χ4v) is 2.27. The maximum atomic E-state index is 12.0. The van der Waals surface area contributed by atoms with Gasteiger partial charge in [0.05, 0.1) is 16.6 Å². The number of benzene rings is 1. The first kappa shape index (κ1) is 14.6. The Morgan fingerprint density at radius 1 is 1.30 bits per heavy atom. The van der Waals surface area contributed by atoms with Gasteiger partial charge < -0.3 is 16.4 Å². The summed E-state index contributed by atoms with van der Waals surface area (Å²) in [5, 5.41) is 5.76. The second kappa shape index (κ2) is 6.07. The maximum absolute atomic E-state index is 12.0. The molecule has 1 aliphatic carbocycles. The molecule has 20 heavy (non-hydrogen) atoms. The summed E-state index contributed by atoms with van der Waals surface area (Å²) < 4.78 is 0. The third-order valence-corrected chi connectivity index (χ3v) is 3.31. The van der Waals surface area contributed by atoms with Gasteiger partial charge >= 0.3 is 0 Å². The number of rotatable bonds is 3. The van der Waals surface area contributed by atoms with Crippen molar-refractivity contribution in [2.75, 3.05) is 10.6 Å². The van der Waals surface area contributed by atoms with Crippen LogP contribution in [0.25, 0.3) is 0 Å². The van der Waals surface area contributed by atoms with E-state index in [1.54, 1.807) is 18.2 Å². The number of halogens is 1. The van der Waals surface area contributed by atoms with E-state index in [0.29, 0.717) is 22.8 Å². The Bertz CT molecular complexity index is 572. The fraction of sp³-hybridized carbons (Fsp3) is 0.286. The summed E-state index contributed by atoms with van der Waals surface area (Å²) in [7, 11) is 0. The number of carbonyl (C=O) groups excluding carboxylic acids is 2. The SMILES string of the molecule is CC(=O)Nc1ccc(NC(=O)C2C=CC(N)C2)cc1Cl. The Morgan fingerprint density at radius 2 is 2.05 bits per heavy atom. The standard InChI is InChI=1S/C14H16ClN3O2/c1-8(19)17-13-5-4-11(7-12(13)15)18-14(20)9-2-3-10(16)6-9/h2-5,7,9-10H,6,16H2,1H3,(H,17,19)(H,18,20). The highest BCUT2D eigenvalue weighted by Crippen LogP contribution is 2.26. The van der Waals surface area contributed by atoms with Gasteiger partial charge in [-0.2, -0.15) is 0 Å². The molecule has 0 saturated heterocycles. The number of anilines is 2. The molecule has 0 bridgehead atoms. The second-order valence-corrected chi connectivity index (χ2v) is 5.16. The Balaban J connectivity index is 2.03. The van der Waals surface area contributed by atoms with Crippen LogP contribution in [0.1, 0.15) is 13.3 Å². The number of hydrogen-bond donors (Lipinski definition) is 3. The fourth-order valence-electron chi connectivity index (χ4n) is 2.04. The number of nitrogens with two attached hydrogens (primary N) is 1. The third kappa shape index (κ3) is 3.59. The van der Waals surface area contributed by atoms with Crippen LogP contribution in [0.3, 0.4) is 0 Å². The highest BCUT2D eigenvalue weighted by Gasteiger charge is 2.22. The molecule has 2 atom stereocenters. The first-order chi connectivity index (χ1) is 9.45. The zero-order valence-electron chi connectivity index (χ0n) is 11.0. The largest absolute Gasteiger partial charge is 0.326 e. The van der Waals surface area contributed by atoms with Crippen LogP contribution in [0.4, 0.5) is 11.4 Å². The van der Waals surface area contributed by atoms with Crippen molar-refractivity contribution in [2.24, 2.45) is 11.7 Å². The van der Waals surface area contributed by atoms with Crippen LogP contribution in [-0.2, 0) is 9.59 Å². The smallest absolute Gasteiger partial charge is 0.231 e. The van der Waals surface area contributed by atoms with Crippen LogP contribution in [0, 0.1) is 5.92 Å². The zero-order chi connectivity index (χ0) is 14.7. The summed E-state index contributed by atoms with van der Waals surface area (Å²) in [6.45, 7) is 1.40. The molecule has 5 nitrogen and oxygen atoms in total. The summed E-state index contributed by atoms with van der Waals surface area (Å²) in [6, 6.07) is 4.88. The van der Waals surface area contributed by atoms with Gasteiger partial charge in [-0.3, -0.25) is 9.59 Å². The quantitative estimate of drug-likeness (QED) is 0.747. The van der Waals surface area contributed by atoms with Crippen molar-refractivity contribution >= 4 is 34.8 Å². The lowest BCUT2D eigenvalue weighted by molar-refractivity contribution is -0.118. The van der Waals surface area contributed by atoms with Gasteiger partial charge in [-0.1, -0.05) is 23.8 Å². The number of nitrogens with one attached hydrogen (secondary N) is 2. The van der Waals surface area contributed by atoms with Gasteiger partial charge in [0.25, 0.3) is 0 Å². The molecule has 4 N–H and O–H groups in total. The topological polar surface area (TPSA) is 84.2 Å². The van der Waals surface area contributed by atoms with Gasteiger partial charge in [0.15, 0.2) is 0 Å². The summed E-state index contributed by atoms with van der Waals surface area (Å²) in [5.41, 5.74) is 6.82. The molecule has 0 fully saturated rings. The zero-order valence-corrected chi connectivity index (χ0v) is 11.8.